The number of carboxylic acid groups (broad SMARTS) is 1. The van der Waals surface area contributed by atoms with Crippen molar-refractivity contribution < 1.29 is 14.7 Å². The quantitative estimate of drug-likeness (QED) is 0.532. The molecule has 0 aliphatic carbocycles. The molecule has 1 aromatic heterocycles. The number of aromatic carboxylic acids is 1. The second-order valence-corrected chi connectivity index (χ2v) is 7.18. The molecule has 2 atom stereocenters. The lowest BCUT2D eigenvalue weighted by Gasteiger charge is -2.34. The van der Waals surface area contributed by atoms with E-state index in [0.29, 0.717) is 23.1 Å². The zero-order valence-electron chi connectivity index (χ0n) is 15.8. The van der Waals surface area contributed by atoms with E-state index in [1.807, 2.05) is 18.2 Å². The van der Waals surface area contributed by atoms with Gasteiger partial charge in [-0.1, -0.05) is 42.5 Å². The number of piperidine rings is 1. The Balaban J connectivity index is 1.81. The average Bonchev–Trinajstić information content (AvgIpc) is 2.74. The van der Waals surface area contributed by atoms with Crippen molar-refractivity contribution >= 4 is 28.5 Å². The van der Waals surface area contributed by atoms with Crippen molar-refractivity contribution in [2.75, 3.05) is 18.4 Å². The first-order valence-electron chi connectivity index (χ1n) is 9.53. The predicted octanol–water partition coefficient (Wildman–Crippen LogP) is 2.59. The largest absolute Gasteiger partial charge is 0.478 e. The number of amides is 1. The number of para-hydroxylation sites is 1. The highest BCUT2D eigenvalue weighted by Gasteiger charge is 2.28. The molecule has 0 unspecified atom stereocenters. The summed E-state index contributed by atoms with van der Waals surface area (Å²) in [7, 11) is 0. The van der Waals surface area contributed by atoms with E-state index < -0.39 is 11.9 Å². The van der Waals surface area contributed by atoms with Gasteiger partial charge in [0.1, 0.15) is 5.56 Å². The fourth-order valence-electron chi connectivity index (χ4n) is 4.03. The molecule has 0 radical (unpaired) electrons. The molecule has 29 heavy (non-hydrogen) atoms. The van der Waals surface area contributed by atoms with Gasteiger partial charge in [-0.2, -0.15) is 0 Å². The number of hydrogen-bond donors (Lipinski definition) is 4. The van der Waals surface area contributed by atoms with Gasteiger partial charge in [-0.15, -0.1) is 0 Å². The number of rotatable bonds is 5. The number of benzene rings is 2. The molecule has 1 aliphatic rings. The molecule has 0 saturated carbocycles. The smallest absolute Gasteiger partial charge is 0.339 e. The molecule has 148 valence electrons. The van der Waals surface area contributed by atoms with Gasteiger partial charge < -0.3 is 21.5 Å². The lowest BCUT2D eigenvalue weighted by atomic mass is 9.85. The van der Waals surface area contributed by atoms with Gasteiger partial charge in [-0.25, -0.2) is 4.79 Å². The number of pyridine rings is 1. The molecule has 1 aliphatic heterocycles. The normalized spacial score (nSPS) is 19.0. The zero-order valence-corrected chi connectivity index (χ0v) is 15.8. The number of primary amides is 1. The van der Waals surface area contributed by atoms with E-state index in [-0.39, 0.29) is 23.1 Å². The highest BCUT2D eigenvalue weighted by Crippen LogP contribution is 2.33. The van der Waals surface area contributed by atoms with Crippen LogP contribution in [0.5, 0.6) is 0 Å². The third-order valence-corrected chi connectivity index (χ3v) is 5.43. The van der Waals surface area contributed by atoms with Crippen LogP contribution in [0.4, 0.5) is 5.69 Å². The van der Waals surface area contributed by atoms with Gasteiger partial charge in [0, 0.05) is 30.1 Å². The van der Waals surface area contributed by atoms with Gasteiger partial charge in [0.15, 0.2) is 0 Å². The number of nitrogens with two attached hydrogens (primary N) is 1. The van der Waals surface area contributed by atoms with Crippen LogP contribution >= 0.6 is 0 Å². The molecule has 7 nitrogen and oxygen atoms in total. The first-order valence-corrected chi connectivity index (χ1v) is 9.53. The fraction of sp³-hybridized carbons (Fsp3) is 0.227. The first kappa shape index (κ1) is 18.9. The zero-order chi connectivity index (χ0) is 20.4. The van der Waals surface area contributed by atoms with Gasteiger partial charge >= 0.3 is 5.97 Å². The monoisotopic (exact) mass is 390 g/mol. The van der Waals surface area contributed by atoms with Crippen LogP contribution in [-0.4, -0.2) is 41.1 Å². The standard InChI is InChI=1S/C22H22N4O3/c23-21(27)16-8-4-7-15-19(16)25-11-17(22(28)29)20(15)26-18-12-24-10-9-14(18)13-5-2-1-3-6-13/h1-8,11,14,18,24H,9-10,12H2,(H2,23,27)(H,25,26)(H,28,29)/t14-,18+/m1/s1. The second-order valence-electron chi connectivity index (χ2n) is 7.18. The summed E-state index contributed by atoms with van der Waals surface area (Å²) >= 11 is 0. The number of nitrogens with one attached hydrogen (secondary N) is 2. The van der Waals surface area contributed by atoms with Crippen molar-refractivity contribution in [1.29, 1.82) is 0 Å². The van der Waals surface area contributed by atoms with Crippen LogP contribution in [0, 0.1) is 0 Å². The fourth-order valence-corrected chi connectivity index (χ4v) is 4.03. The van der Waals surface area contributed by atoms with E-state index in [0.717, 1.165) is 13.0 Å². The lowest BCUT2D eigenvalue weighted by molar-refractivity contribution is 0.0697. The highest BCUT2D eigenvalue weighted by atomic mass is 16.4. The van der Waals surface area contributed by atoms with Crippen LogP contribution in [-0.2, 0) is 0 Å². The Bertz CT molecular complexity index is 1070. The highest BCUT2D eigenvalue weighted by molar-refractivity contribution is 6.11. The third-order valence-electron chi connectivity index (χ3n) is 5.43. The molecule has 2 heterocycles. The maximum absolute atomic E-state index is 11.9. The number of carboxylic acids is 1. The van der Waals surface area contributed by atoms with Crippen molar-refractivity contribution in [3.05, 3.63) is 71.4 Å². The summed E-state index contributed by atoms with van der Waals surface area (Å²) < 4.78 is 0. The van der Waals surface area contributed by atoms with Gasteiger partial charge in [0.05, 0.1) is 16.8 Å². The van der Waals surface area contributed by atoms with Crippen LogP contribution in [0.25, 0.3) is 10.9 Å². The summed E-state index contributed by atoms with van der Waals surface area (Å²) in [5.74, 6) is -1.45. The number of fused-ring (bicyclic) bond motifs is 1. The number of aromatic nitrogens is 1. The van der Waals surface area contributed by atoms with E-state index in [1.54, 1.807) is 18.2 Å². The minimum absolute atomic E-state index is 0.0212. The molecule has 1 fully saturated rings. The summed E-state index contributed by atoms with van der Waals surface area (Å²) in [5, 5.41) is 17.1. The lowest BCUT2D eigenvalue weighted by Crippen LogP contribution is -2.44. The summed E-state index contributed by atoms with van der Waals surface area (Å²) in [4.78, 5) is 27.9. The van der Waals surface area contributed by atoms with Crippen molar-refractivity contribution in [3.63, 3.8) is 0 Å². The predicted molar refractivity (Wildman–Crippen MR) is 111 cm³/mol. The van der Waals surface area contributed by atoms with E-state index in [1.165, 1.54) is 11.8 Å². The van der Waals surface area contributed by atoms with Gasteiger partial charge in [0.25, 0.3) is 5.91 Å². The van der Waals surface area contributed by atoms with E-state index >= 15 is 0 Å². The molecule has 1 amide bonds. The molecule has 4 rings (SSSR count). The van der Waals surface area contributed by atoms with Gasteiger partial charge in [-0.3, -0.25) is 9.78 Å². The number of nitrogens with zero attached hydrogens (tertiary/aromatic N) is 1. The number of anilines is 1. The first-order chi connectivity index (χ1) is 14.1. The summed E-state index contributed by atoms with van der Waals surface area (Å²) in [6, 6.07) is 15.2. The molecule has 5 N–H and O–H groups in total. The molecule has 1 saturated heterocycles. The Kier molecular flexibility index (Phi) is 5.14. The molecule has 2 aromatic carbocycles. The number of carbonyl (C=O) groups is 2. The van der Waals surface area contributed by atoms with Crippen molar-refractivity contribution in [1.82, 2.24) is 10.3 Å². The molecule has 0 bridgehead atoms. The van der Waals surface area contributed by atoms with Gasteiger partial charge in [0.2, 0.25) is 0 Å². The third kappa shape index (κ3) is 3.64. The minimum Gasteiger partial charge on any atom is -0.478 e. The van der Waals surface area contributed by atoms with Crippen LogP contribution in [0.1, 0.15) is 38.6 Å². The Labute approximate surface area is 167 Å². The van der Waals surface area contributed by atoms with Crippen molar-refractivity contribution in [2.24, 2.45) is 5.73 Å². The Morgan fingerprint density at radius 3 is 2.62 bits per heavy atom. The topological polar surface area (TPSA) is 117 Å². The van der Waals surface area contributed by atoms with E-state index in [2.05, 4.69) is 27.8 Å². The average molecular weight is 390 g/mol. The van der Waals surface area contributed by atoms with Crippen LogP contribution < -0.4 is 16.4 Å². The molecular formula is C22H22N4O3. The maximum atomic E-state index is 11.9. The molecular weight excluding hydrogens is 368 g/mol. The Hall–Kier alpha value is -3.45. The van der Waals surface area contributed by atoms with Gasteiger partial charge in [-0.05, 0) is 24.6 Å². The van der Waals surface area contributed by atoms with Crippen LogP contribution in [0.3, 0.4) is 0 Å². The Morgan fingerprint density at radius 2 is 1.90 bits per heavy atom. The maximum Gasteiger partial charge on any atom is 0.339 e. The summed E-state index contributed by atoms with van der Waals surface area (Å²) in [6.07, 6.45) is 2.22. The Morgan fingerprint density at radius 1 is 1.10 bits per heavy atom. The molecule has 0 spiro atoms. The van der Waals surface area contributed by atoms with Crippen LogP contribution in [0.15, 0.2) is 54.7 Å². The number of hydrogen-bond acceptors (Lipinski definition) is 5. The molecule has 7 heteroatoms. The summed E-state index contributed by atoms with van der Waals surface area (Å²) in [5.41, 5.74) is 7.88. The second kappa shape index (κ2) is 7.89. The molecule has 3 aromatic rings. The van der Waals surface area contributed by atoms with E-state index in [4.69, 9.17) is 5.73 Å². The minimum atomic E-state index is -1.08. The van der Waals surface area contributed by atoms with Crippen LogP contribution in [0.2, 0.25) is 0 Å². The van der Waals surface area contributed by atoms with Crippen molar-refractivity contribution in [2.45, 2.75) is 18.4 Å². The number of carbonyl (C=O) groups excluding carboxylic acids is 1. The van der Waals surface area contributed by atoms with E-state index in [9.17, 15) is 14.7 Å². The summed E-state index contributed by atoms with van der Waals surface area (Å²) in [6.45, 7) is 1.59. The SMILES string of the molecule is NC(=O)c1cccc2c(N[C@H]3CNCC[C@@H]3c3ccccc3)c(C(=O)O)cnc12. The van der Waals surface area contributed by atoms with Crippen molar-refractivity contribution in [3.8, 4) is 0 Å².